The summed E-state index contributed by atoms with van der Waals surface area (Å²) in [5.41, 5.74) is 2.26. The third kappa shape index (κ3) is 4.03. The molecule has 7 heteroatoms. The summed E-state index contributed by atoms with van der Waals surface area (Å²) >= 11 is 6.09. The number of hydrogen-bond donors (Lipinski definition) is 1. The van der Waals surface area contributed by atoms with Crippen molar-refractivity contribution in [2.45, 2.75) is 52.2 Å². The van der Waals surface area contributed by atoms with Crippen molar-refractivity contribution >= 4 is 35.8 Å². The highest BCUT2D eigenvalue weighted by Crippen LogP contribution is 2.37. The maximum atomic E-state index is 12.5. The molecule has 0 aliphatic carbocycles. The van der Waals surface area contributed by atoms with Gasteiger partial charge in [-0.15, -0.1) is 0 Å². The first-order chi connectivity index (χ1) is 12.6. The van der Waals surface area contributed by atoms with E-state index in [1.807, 2.05) is 52.8 Å². The van der Waals surface area contributed by atoms with Crippen LogP contribution >= 0.6 is 11.6 Å². The molecule has 0 unspecified atom stereocenters. The van der Waals surface area contributed by atoms with Gasteiger partial charge in [-0.1, -0.05) is 23.7 Å². The molecule has 0 atom stereocenters. The van der Waals surface area contributed by atoms with E-state index in [-0.39, 0.29) is 12.3 Å². The zero-order valence-electron chi connectivity index (χ0n) is 16.3. The van der Waals surface area contributed by atoms with Crippen LogP contribution in [-0.4, -0.2) is 29.2 Å². The first-order valence-corrected chi connectivity index (χ1v) is 9.33. The van der Waals surface area contributed by atoms with Crippen molar-refractivity contribution in [3.63, 3.8) is 0 Å². The molecule has 2 heterocycles. The van der Waals surface area contributed by atoms with Crippen LogP contribution in [0.25, 0.3) is 0 Å². The van der Waals surface area contributed by atoms with Crippen molar-refractivity contribution in [2.75, 3.05) is 5.32 Å². The molecule has 2 aromatic rings. The Kier molecular flexibility index (Phi) is 5.34. The Labute approximate surface area is 165 Å². The number of carbonyl (C=O) groups is 1. The summed E-state index contributed by atoms with van der Waals surface area (Å²) < 4.78 is 12.3. The highest BCUT2D eigenvalue weighted by molar-refractivity contribution is 6.62. The minimum absolute atomic E-state index is 0.111. The zero-order chi connectivity index (χ0) is 19.8. The van der Waals surface area contributed by atoms with Gasteiger partial charge in [0.05, 0.1) is 28.3 Å². The Balaban J connectivity index is 1.78. The van der Waals surface area contributed by atoms with Gasteiger partial charge in [0.1, 0.15) is 0 Å². The summed E-state index contributed by atoms with van der Waals surface area (Å²) in [6, 6.07) is 9.17. The first-order valence-electron chi connectivity index (χ1n) is 8.95. The van der Waals surface area contributed by atoms with Gasteiger partial charge >= 0.3 is 7.12 Å². The van der Waals surface area contributed by atoms with Crippen LogP contribution in [0, 0.1) is 6.92 Å². The van der Waals surface area contributed by atoms with E-state index in [9.17, 15) is 4.79 Å². The van der Waals surface area contributed by atoms with Crippen molar-refractivity contribution in [1.29, 1.82) is 0 Å². The van der Waals surface area contributed by atoms with Crippen LogP contribution in [-0.2, 0) is 20.5 Å². The molecule has 5 nitrogen and oxygen atoms in total. The average molecular weight is 387 g/mol. The van der Waals surface area contributed by atoms with Gasteiger partial charge in [-0.3, -0.25) is 9.78 Å². The first kappa shape index (κ1) is 19.9. The SMILES string of the molecule is Cc1c(NC(=O)Cc2ncccc2Cl)cccc1B1OC(C)(C)C(C)(C)O1. The standard InChI is InChI=1S/C20H24BClN2O3/c1-13-14(21-26-19(2,3)20(4,5)27-21)8-6-10-16(13)24-18(25)12-17-15(22)9-7-11-23-17/h6-11H,12H2,1-5H3,(H,24,25). The van der Waals surface area contributed by atoms with Gasteiger partial charge in [-0.05, 0) is 63.8 Å². The molecule has 27 heavy (non-hydrogen) atoms. The molecule has 1 amide bonds. The van der Waals surface area contributed by atoms with Gasteiger partial charge in [0.2, 0.25) is 5.91 Å². The van der Waals surface area contributed by atoms with Gasteiger partial charge in [-0.2, -0.15) is 0 Å². The second-order valence-electron chi connectivity index (χ2n) is 7.76. The van der Waals surface area contributed by atoms with Gasteiger partial charge in [0.25, 0.3) is 0 Å². The molecular weight excluding hydrogens is 362 g/mol. The van der Waals surface area contributed by atoms with Crippen LogP contribution in [0.1, 0.15) is 39.0 Å². The van der Waals surface area contributed by atoms with E-state index in [0.717, 1.165) is 16.7 Å². The molecule has 1 aromatic carbocycles. The Morgan fingerprint density at radius 3 is 2.44 bits per heavy atom. The molecule has 0 spiro atoms. The number of aromatic nitrogens is 1. The molecule has 1 aliphatic heterocycles. The van der Waals surface area contributed by atoms with Gasteiger partial charge < -0.3 is 14.6 Å². The fourth-order valence-corrected chi connectivity index (χ4v) is 3.10. The molecule has 3 rings (SSSR count). The topological polar surface area (TPSA) is 60.5 Å². The highest BCUT2D eigenvalue weighted by atomic mass is 35.5. The molecule has 1 aromatic heterocycles. The van der Waals surface area contributed by atoms with E-state index in [2.05, 4.69) is 10.3 Å². The van der Waals surface area contributed by atoms with E-state index >= 15 is 0 Å². The van der Waals surface area contributed by atoms with E-state index in [0.29, 0.717) is 10.7 Å². The van der Waals surface area contributed by atoms with Crippen molar-refractivity contribution < 1.29 is 14.1 Å². The predicted octanol–water partition coefficient (Wildman–Crippen LogP) is 3.52. The van der Waals surface area contributed by atoms with E-state index in [1.54, 1.807) is 18.3 Å². The lowest BCUT2D eigenvalue weighted by atomic mass is 9.76. The van der Waals surface area contributed by atoms with Crippen molar-refractivity contribution in [2.24, 2.45) is 0 Å². The number of amides is 1. The van der Waals surface area contributed by atoms with Gasteiger partial charge in [-0.25, -0.2) is 0 Å². The molecular formula is C20H24BClN2O3. The van der Waals surface area contributed by atoms with Crippen LogP contribution in [0.3, 0.4) is 0 Å². The third-order valence-corrected chi connectivity index (χ3v) is 5.66. The van der Waals surface area contributed by atoms with Gasteiger partial charge in [0, 0.05) is 11.9 Å². The number of hydrogen-bond acceptors (Lipinski definition) is 4. The highest BCUT2D eigenvalue weighted by Gasteiger charge is 2.52. The molecule has 1 saturated heterocycles. The number of anilines is 1. The number of halogens is 1. The van der Waals surface area contributed by atoms with Crippen LogP contribution in [0.4, 0.5) is 5.69 Å². The number of rotatable bonds is 4. The van der Waals surface area contributed by atoms with Crippen LogP contribution in [0.2, 0.25) is 5.02 Å². The minimum atomic E-state index is -0.475. The Morgan fingerprint density at radius 2 is 1.81 bits per heavy atom. The molecule has 1 aliphatic rings. The molecule has 0 bridgehead atoms. The Hall–Kier alpha value is -1.89. The minimum Gasteiger partial charge on any atom is -0.399 e. The summed E-state index contributed by atoms with van der Waals surface area (Å²) in [7, 11) is -0.475. The van der Waals surface area contributed by atoms with E-state index in [1.165, 1.54) is 0 Å². The number of pyridine rings is 1. The summed E-state index contributed by atoms with van der Waals surface area (Å²) in [5.74, 6) is -0.176. The zero-order valence-corrected chi connectivity index (χ0v) is 17.1. The summed E-state index contributed by atoms with van der Waals surface area (Å²) in [6.07, 6.45) is 1.73. The number of benzene rings is 1. The Morgan fingerprint density at radius 1 is 1.15 bits per heavy atom. The van der Waals surface area contributed by atoms with Crippen molar-refractivity contribution in [3.8, 4) is 0 Å². The second kappa shape index (κ2) is 7.26. The lowest BCUT2D eigenvalue weighted by molar-refractivity contribution is -0.115. The summed E-state index contributed by atoms with van der Waals surface area (Å²) in [5, 5.41) is 3.42. The monoisotopic (exact) mass is 386 g/mol. The van der Waals surface area contributed by atoms with Crippen molar-refractivity contribution in [3.05, 3.63) is 52.8 Å². The number of carbonyl (C=O) groups excluding carboxylic acids is 1. The predicted molar refractivity (Wildman–Crippen MR) is 108 cm³/mol. The maximum Gasteiger partial charge on any atom is 0.495 e. The quantitative estimate of drug-likeness (QED) is 0.817. The second-order valence-corrected chi connectivity index (χ2v) is 8.17. The molecule has 1 N–H and O–H groups in total. The van der Waals surface area contributed by atoms with Crippen LogP contribution < -0.4 is 10.8 Å². The van der Waals surface area contributed by atoms with Gasteiger partial charge in [0.15, 0.2) is 0 Å². The normalized spacial score (nSPS) is 17.8. The lowest BCUT2D eigenvalue weighted by Crippen LogP contribution is -2.41. The van der Waals surface area contributed by atoms with E-state index < -0.39 is 18.3 Å². The smallest absolute Gasteiger partial charge is 0.399 e. The molecule has 1 fully saturated rings. The summed E-state index contributed by atoms with van der Waals surface area (Å²) in [4.78, 5) is 16.6. The number of nitrogens with zero attached hydrogens (tertiary/aromatic N) is 1. The van der Waals surface area contributed by atoms with E-state index in [4.69, 9.17) is 20.9 Å². The Bertz CT molecular complexity index is 854. The third-order valence-electron chi connectivity index (χ3n) is 5.32. The number of nitrogens with one attached hydrogen (secondary N) is 1. The van der Waals surface area contributed by atoms with Crippen molar-refractivity contribution in [1.82, 2.24) is 4.98 Å². The van der Waals surface area contributed by atoms with Crippen LogP contribution in [0.15, 0.2) is 36.5 Å². The molecule has 142 valence electrons. The molecule has 0 radical (unpaired) electrons. The average Bonchev–Trinajstić information content (AvgIpc) is 2.79. The maximum absolute atomic E-state index is 12.5. The molecule has 0 saturated carbocycles. The lowest BCUT2D eigenvalue weighted by Gasteiger charge is -2.32. The summed E-state index contributed by atoms with van der Waals surface area (Å²) in [6.45, 7) is 10.0. The van der Waals surface area contributed by atoms with Crippen LogP contribution in [0.5, 0.6) is 0 Å². The fourth-order valence-electron chi connectivity index (χ4n) is 2.91. The fraction of sp³-hybridized carbons (Fsp3) is 0.400. The largest absolute Gasteiger partial charge is 0.495 e.